The first kappa shape index (κ1) is 19.3. The Kier molecular flexibility index (Phi) is 5.45. The number of nitro benzene ring substituents is 1. The molecule has 1 aliphatic heterocycles. The molecular formula is C19H19N5O4S. The molecule has 0 N–H and O–H groups in total. The summed E-state index contributed by atoms with van der Waals surface area (Å²) in [6, 6.07) is 11.1. The lowest BCUT2D eigenvalue weighted by Gasteiger charge is -2.20. The molecule has 0 saturated carbocycles. The first-order valence-corrected chi connectivity index (χ1v) is 10.0. The van der Waals surface area contributed by atoms with E-state index in [0.29, 0.717) is 33.7 Å². The van der Waals surface area contributed by atoms with Gasteiger partial charge in [-0.3, -0.25) is 10.1 Å². The van der Waals surface area contributed by atoms with Crippen molar-refractivity contribution < 1.29 is 14.4 Å². The summed E-state index contributed by atoms with van der Waals surface area (Å²) in [5.74, 6) is 1.50. The van der Waals surface area contributed by atoms with Crippen molar-refractivity contribution in [1.82, 2.24) is 20.2 Å². The van der Waals surface area contributed by atoms with Crippen molar-refractivity contribution in [3.05, 3.63) is 63.2 Å². The van der Waals surface area contributed by atoms with Crippen LogP contribution < -0.4 is 4.74 Å². The highest BCUT2D eigenvalue weighted by atomic mass is 32.2. The van der Waals surface area contributed by atoms with Gasteiger partial charge in [-0.15, -0.1) is 5.10 Å². The molecular weight excluding hydrogens is 394 g/mol. The Morgan fingerprint density at radius 1 is 1.28 bits per heavy atom. The lowest BCUT2D eigenvalue weighted by molar-refractivity contribution is -0.385. The standard InChI is InChI=1S/C19H19N5O4S/c1-12(2)13-3-5-16(6-4-13)23-19(20-21-22-23)29-10-15-8-17(24(25)26)7-14-9-27-11-28-18(14)15/h3-8,12H,9-11H2,1-2H3. The first-order chi connectivity index (χ1) is 14.0. The average Bonchev–Trinajstić information content (AvgIpc) is 3.20. The average molecular weight is 413 g/mol. The molecule has 10 heteroatoms. The van der Waals surface area contributed by atoms with Gasteiger partial charge in [-0.05, 0) is 34.0 Å². The van der Waals surface area contributed by atoms with Crippen LogP contribution in [0.2, 0.25) is 0 Å². The molecule has 0 unspecified atom stereocenters. The Morgan fingerprint density at radius 3 is 2.79 bits per heavy atom. The van der Waals surface area contributed by atoms with Crippen LogP contribution in [-0.2, 0) is 17.1 Å². The molecule has 3 aromatic rings. The Morgan fingerprint density at radius 2 is 2.07 bits per heavy atom. The molecule has 2 heterocycles. The number of nitrogens with zero attached hydrogens (tertiary/aromatic N) is 5. The normalized spacial score (nSPS) is 13.2. The third-order valence-corrected chi connectivity index (χ3v) is 5.55. The van der Waals surface area contributed by atoms with Gasteiger partial charge in [0.25, 0.3) is 5.69 Å². The molecule has 150 valence electrons. The van der Waals surface area contributed by atoms with Gasteiger partial charge < -0.3 is 9.47 Å². The number of benzene rings is 2. The smallest absolute Gasteiger partial charge is 0.270 e. The van der Waals surface area contributed by atoms with E-state index in [4.69, 9.17) is 9.47 Å². The summed E-state index contributed by atoms with van der Waals surface area (Å²) in [5, 5.41) is 23.8. The van der Waals surface area contributed by atoms with Gasteiger partial charge in [0.2, 0.25) is 5.16 Å². The molecule has 1 aromatic heterocycles. The van der Waals surface area contributed by atoms with E-state index in [0.717, 1.165) is 5.69 Å². The van der Waals surface area contributed by atoms with Crippen LogP contribution in [0.4, 0.5) is 5.69 Å². The minimum atomic E-state index is -0.413. The van der Waals surface area contributed by atoms with Crippen LogP contribution in [0.25, 0.3) is 5.69 Å². The summed E-state index contributed by atoms with van der Waals surface area (Å²) in [7, 11) is 0. The van der Waals surface area contributed by atoms with E-state index in [-0.39, 0.29) is 19.1 Å². The van der Waals surface area contributed by atoms with Crippen molar-refractivity contribution in [1.29, 1.82) is 0 Å². The van der Waals surface area contributed by atoms with E-state index in [1.165, 1.54) is 29.5 Å². The van der Waals surface area contributed by atoms with Crippen molar-refractivity contribution in [2.45, 2.75) is 37.3 Å². The molecule has 0 spiro atoms. The molecule has 0 saturated heterocycles. The molecule has 0 aliphatic carbocycles. The first-order valence-electron chi connectivity index (χ1n) is 9.05. The SMILES string of the molecule is CC(C)c1ccc(-n2nnnc2SCc2cc([N+](=O)[O-])cc3c2OCOC3)cc1. The summed E-state index contributed by atoms with van der Waals surface area (Å²) in [6.07, 6.45) is 0. The van der Waals surface area contributed by atoms with Gasteiger partial charge >= 0.3 is 0 Å². The number of thioether (sulfide) groups is 1. The molecule has 2 aromatic carbocycles. The second kappa shape index (κ2) is 8.18. The van der Waals surface area contributed by atoms with E-state index in [2.05, 4.69) is 41.5 Å². The zero-order valence-electron chi connectivity index (χ0n) is 15.9. The Hall–Kier alpha value is -2.98. The van der Waals surface area contributed by atoms with Crippen LogP contribution in [0.3, 0.4) is 0 Å². The maximum absolute atomic E-state index is 11.3. The highest BCUT2D eigenvalue weighted by Crippen LogP contribution is 2.36. The number of tetrazole rings is 1. The summed E-state index contributed by atoms with van der Waals surface area (Å²) in [6.45, 7) is 4.69. The van der Waals surface area contributed by atoms with Crippen molar-refractivity contribution in [3.63, 3.8) is 0 Å². The fourth-order valence-corrected chi connectivity index (χ4v) is 3.92. The molecule has 1 aliphatic rings. The van der Waals surface area contributed by atoms with Gasteiger partial charge in [-0.1, -0.05) is 37.7 Å². The van der Waals surface area contributed by atoms with Crippen LogP contribution in [0, 0.1) is 10.1 Å². The summed E-state index contributed by atoms with van der Waals surface area (Å²) < 4.78 is 12.5. The van der Waals surface area contributed by atoms with Crippen LogP contribution in [0.1, 0.15) is 36.5 Å². The maximum Gasteiger partial charge on any atom is 0.270 e. The minimum absolute atomic E-state index is 0.0114. The number of hydrogen-bond acceptors (Lipinski definition) is 8. The van der Waals surface area contributed by atoms with E-state index in [1.807, 2.05) is 12.1 Å². The van der Waals surface area contributed by atoms with Crippen molar-refractivity contribution in [2.75, 3.05) is 6.79 Å². The lowest BCUT2D eigenvalue weighted by atomic mass is 10.0. The molecule has 0 radical (unpaired) electrons. The van der Waals surface area contributed by atoms with Gasteiger partial charge in [0, 0.05) is 29.0 Å². The predicted molar refractivity (Wildman–Crippen MR) is 106 cm³/mol. The highest BCUT2D eigenvalue weighted by Gasteiger charge is 2.22. The minimum Gasteiger partial charge on any atom is -0.467 e. The lowest BCUT2D eigenvalue weighted by Crippen LogP contribution is -2.13. The quantitative estimate of drug-likeness (QED) is 0.341. The monoisotopic (exact) mass is 413 g/mol. The molecule has 4 rings (SSSR count). The van der Waals surface area contributed by atoms with Crippen LogP contribution >= 0.6 is 11.8 Å². The highest BCUT2D eigenvalue weighted by molar-refractivity contribution is 7.98. The topological polar surface area (TPSA) is 105 Å². The van der Waals surface area contributed by atoms with Crippen LogP contribution in [-0.4, -0.2) is 31.9 Å². The number of ether oxygens (including phenoxy) is 2. The van der Waals surface area contributed by atoms with Crippen LogP contribution in [0.15, 0.2) is 41.6 Å². The van der Waals surface area contributed by atoms with Crippen molar-refractivity contribution >= 4 is 17.4 Å². The summed E-state index contributed by atoms with van der Waals surface area (Å²) in [4.78, 5) is 10.9. The third-order valence-electron chi connectivity index (χ3n) is 4.58. The van der Waals surface area contributed by atoms with E-state index >= 15 is 0 Å². The number of aromatic nitrogens is 4. The molecule has 0 fully saturated rings. The van der Waals surface area contributed by atoms with Crippen molar-refractivity contribution in [3.8, 4) is 11.4 Å². The van der Waals surface area contributed by atoms with Gasteiger partial charge in [-0.25, -0.2) is 0 Å². The maximum atomic E-state index is 11.3. The van der Waals surface area contributed by atoms with E-state index in [9.17, 15) is 10.1 Å². The fourth-order valence-electron chi connectivity index (χ4n) is 3.07. The number of rotatable bonds is 6. The number of fused-ring (bicyclic) bond motifs is 1. The van der Waals surface area contributed by atoms with Gasteiger partial charge in [0.05, 0.1) is 17.2 Å². The van der Waals surface area contributed by atoms with E-state index < -0.39 is 4.92 Å². The Bertz CT molecular complexity index is 1040. The summed E-state index contributed by atoms with van der Waals surface area (Å²) in [5.41, 5.74) is 3.49. The Balaban J connectivity index is 1.58. The number of non-ortho nitro benzene ring substituents is 1. The van der Waals surface area contributed by atoms with Gasteiger partial charge in [0.15, 0.2) is 6.79 Å². The van der Waals surface area contributed by atoms with Crippen LogP contribution in [0.5, 0.6) is 5.75 Å². The largest absolute Gasteiger partial charge is 0.467 e. The molecule has 29 heavy (non-hydrogen) atoms. The second-order valence-corrected chi connectivity index (χ2v) is 7.81. The predicted octanol–water partition coefficient (Wildman–Crippen LogP) is 3.85. The fraction of sp³-hybridized carbons (Fsp3) is 0.316. The molecule has 0 bridgehead atoms. The van der Waals surface area contributed by atoms with Crippen molar-refractivity contribution in [2.24, 2.45) is 0 Å². The number of nitro groups is 1. The zero-order valence-corrected chi connectivity index (χ0v) is 16.8. The molecule has 9 nitrogen and oxygen atoms in total. The van der Waals surface area contributed by atoms with Gasteiger partial charge in [0.1, 0.15) is 5.75 Å². The molecule has 0 atom stereocenters. The second-order valence-electron chi connectivity index (χ2n) is 6.87. The Labute approximate surface area is 171 Å². The third kappa shape index (κ3) is 4.08. The molecule has 0 amide bonds. The summed E-state index contributed by atoms with van der Waals surface area (Å²) >= 11 is 1.39. The zero-order chi connectivity index (χ0) is 20.4. The van der Waals surface area contributed by atoms with E-state index in [1.54, 1.807) is 4.68 Å². The van der Waals surface area contributed by atoms with Gasteiger partial charge in [-0.2, -0.15) is 4.68 Å². The number of hydrogen-bond donors (Lipinski definition) is 0.